The smallest absolute Gasteiger partial charge is 0.226 e. The van der Waals surface area contributed by atoms with Crippen molar-refractivity contribution in [2.24, 2.45) is 5.73 Å². The second-order valence-electron chi connectivity index (χ2n) is 4.54. The summed E-state index contributed by atoms with van der Waals surface area (Å²) >= 11 is 11.9. The van der Waals surface area contributed by atoms with Gasteiger partial charge in [-0.2, -0.15) is 0 Å². The molecule has 0 radical (unpaired) electrons. The first kappa shape index (κ1) is 12.7. The molecule has 0 saturated heterocycles. The second kappa shape index (κ2) is 4.84. The van der Waals surface area contributed by atoms with E-state index in [-0.39, 0.29) is 11.4 Å². The van der Waals surface area contributed by atoms with Gasteiger partial charge in [0.05, 0.1) is 15.7 Å². The Morgan fingerprint density at radius 1 is 1.35 bits per heavy atom. The van der Waals surface area contributed by atoms with Crippen molar-refractivity contribution in [2.45, 2.75) is 31.2 Å². The molecule has 0 atom stereocenters. The minimum atomic E-state index is -0.335. The first-order chi connectivity index (χ1) is 8.00. The summed E-state index contributed by atoms with van der Waals surface area (Å²) in [6, 6.07) is 5.10. The molecule has 5 heteroatoms. The maximum atomic E-state index is 11.8. The fourth-order valence-corrected chi connectivity index (χ4v) is 2.42. The molecule has 1 aliphatic carbocycles. The van der Waals surface area contributed by atoms with Crippen molar-refractivity contribution in [3.05, 3.63) is 28.2 Å². The SMILES string of the molecule is NC1(CC(=O)Nc2c(Cl)cccc2Cl)CCC1. The van der Waals surface area contributed by atoms with Gasteiger partial charge in [0.25, 0.3) is 0 Å². The van der Waals surface area contributed by atoms with Crippen molar-refractivity contribution in [1.82, 2.24) is 0 Å². The van der Waals surface area contributed by atoms with Gasteiger partial charge < -0.3 is 11.1 Å². The molecule has 0 heterocycles. The Morgan fingerprint density at radius 3 is 2.41 bits per heavy atom. The van der Waals surface area contributed by atoms with Crippen molar-refractivity contribution in [2.75, 3.05) is 5.32 Å². The molecule has 1 aliphatic rings. The second-order valence-corrected chi connectivity index (χ2v) is 5.35. The van der Waals surface area contributed by atoms with Crippen LogP contribution in [0.2, 0.25) is 10.0 Å². The van der Waals surface area contributed by atoms with E-state index in [9.17, 15) is 4.79 Å². The molecule has 3 N–H and O–H groups in total. The highest BCUT2D eigenvalue weighted by molar-refractivity contribution is 6.39. The van der Waals surface area contributed by atoms with Crippen LogP contribution in [-0.4, -0.2) is 11.4 Å². The van der Waals surface area contributed by atoms with Crippen LogP contribution in [-0.2, 0) is 4.79 Å². The lowest BCUT2D eigenvalue weighted by Gasteiger charge is -2.37. The lowest BCUT2D eigenvalue weighted by atomic mass is 9.75. The van der Waals surface area contributed by atoms with Crippen molar-refractivity contribution in [1.29, 1.82) is 0 Å². The minimum Gasteiger partial charge on any atom is -0.325 e. The summed E-state index contributed by atoms with van der Waals surface area (Å²) in [5.41, 5.74) is 6.13. The van der Waals surface area contributed by atoms with Crippen LogP contribution in [0, 0.1) is 0 Å². The zero-order chi connectivity index (χ0) is 12.5. The van der Waals surface area contributed by atoms with Gasteiger partial charge in [-0.3, -0.25) is 4.79 Å². The molecule has 0 unspecified atom stereocenters. The van der Waals surface area contributed by atoms with Crippen molar-refractivity contribution < 1.29 is 4.79 Å². The largest absolute Gasteiger partial charge is 0.325 e. The van der Waals surface area contributed by atoms with E-state index in [2.05, 4.69) is 5.32 Å². The molecule has 0 bridgehead atoms. The Balaban J connectivity index is 2.03. The molecule has 2 rings (SSSR count). The molecule has 1 aromatic carbocycles. The minimum absolute atomic E-state index is 0.137. The van der Waals surface area contributed by atoms with Crippen LogP contribution < -0.4 is 11.1 Å². The van der Waals surface area contributed by atoms with E-state index in [0.717, 1.165) is 19.3 Å². The molecule has 1 fully saturated rings. The molecular formula is C12H14Cl2N2O. The quantitative estimate of drug-likeness (QED) is 0.888. The summed E-state index contributed by atoms with van der Waals surface area (Å²) in [7, 11) is 0. The molecule has 0 aromatic heterocycles. The lowest BCUT2D eigenvalue weighted by Crippen LogP contribution is -2.48. The van der Waals surface area contributed by atoms with Crippen LogP contribution in [0.3, 0.4) is 0 Å². The number of carbonyl (C=O) groups excluding carboxylic acids is 1. The molecule has 1 aromatic rings. The van der Waals surface area contributed by atoms with E-state index in [4.69, 9.17) is 28.9 Å². The summed E-state index contributed by atoms with van der Waals surface area (Å²) in [4.78, 5) is 11.8. The van der Waals surface area contributed by atoms with E-state index in [1.165, 1.54) is 0 Å². The summed E-state index contributed by atoms with van der Waals surface area (Å²) in [6.45, 7) is 0. The Kier molecular flexibility index (Phi) is 3.61. The first-order valence-electron chi connectivity index (χ1n) is 5.53. The van der Waals surface area contributed by atoms with E-state index < -0.39 is 0 Å². The van der Waals surface area contributed by atoms with Crippen LogP contribution >= 0.6 is 23.2 Å². The molecule has 3 nitrogen and oxygen atoms in total. The number of benzene rings is 1. The highest BCUT2D eigenvalue weighted by Gasteiger charge is 2.34. The summed E-state index contributed by atoms with van der Waals surface area (Å²) in [6.07, 6.45) is 3.21. The topological polar surface area (TPSA) is 55.1 Å². The van der Waals surface area contributed by atoms with Gasteiger partial charge in [0.2, 0.25) is 5.91 Å². The fourth-order valence-electron chi connectivity index (χ4n) is 1.93. The molecule has 1 saturated carbocycles. The monoisotopic (exact) mass is 272 g/mol. The van der Waals surface area contributed by atoms with Crippen LogP contribution in [0.4, 0.5) is 5.69 Å². The number of anilines is 1. The lowest BCUT2D eigenvalue weighted by molar-refractivity contribution is -0.118. The molecular weight excluding hydrogens is 259 g/mol. The average Bonchev–Trinajstić information content (AvgIpc) is 2.21. The van der Waals surface area contributed by atoms with Crippen LogP contribution in [0.25, 0.3) is 0 Å². The van der Waals surface area contributed by atoms with Crippen molar-refractivity contribution in [3.8, 4) is 0 Å². The van der Waals surface area contributed by atoms with Gasteiger partial charge in [0.1, 0.15) is 0 Å². The van der Waals surface area contributed by atoms with Gasteiger partial charge in [-0.05, 0) is 31.4 Å². The number of hydrogen-bond acceptors (Lipinski definition) is 2. The standard InChI is InChI=1S/C12H14Cl2N2O/c13-8-3-1-4-9(14)11(8)16-10(17)7-12(15)5-2-6-12/h1,3-4H,2,5-7,15H2,(H,16,17). The number of amides is 1. The highest BCUT2D eigenvalue weighted by Crippen LogP contribution is 2.34. The number of carbonyl (C=O) groups is 1. The Labute approximate surface area is 110 Å². The molecule has 0 spiro atoms. The summed E-state index contributed by atoms with van der Waals surface area (Å²) in [5, 5.41) is 3.59. The maximum absolute atomic E-state index is 11.8. The zero-order valence-electron chi connectivity index (χ0n) is 9.30. The Bertz CT molecular complexity index is 424. The third-order valence-corrected chi connectivity index (χ3v) is 3.72. The van der Waals surface area contributed by atoms with Gasteiger partial charge in [-0.25, -0.2) is 0 Å². The molecule has 1 amide bonds. The van der Waals surface area contributed by atoms with Gasteiger partial charge in [-0.15, -0.1) is 0 Å². The number of nitrogens with one attached hydrogen (secondary N) is 1. The normalized spacial score (nSPS) is 17.4. The highest BCUT2D eigenvalue weighted by atomic mass is 35.5. The van der Waals surface area contributed by atoms with E-state index in [1.54, 1.807) is 18.2 Å². The predicted molar refractivity (Wildman–Crippen MR) is 70.5 cm³/mol. The number of para-hydroxylation sites is 1. The first-order valence-corrected chi connectivity index (χ1v) is 6.28. The third kappa shape index (κ3) is 2.92. The number of hydrogen-bond donors (Lipinski definition) is 2. The van der Waals surface area contributed by atoms with Crippen LogP contribution in [0.15, 0.2) is 18.2 Å². The third-order valence-electron chi connectivity index (χ3n) is 3.09. The Morgan fingerprint density at radius 2 is 1.94 bits per heavy atom. The number of halogens is 2. The van der Waals surface area contributed by atoms with Crippen molar-refractivity contribution in [3.63, 3.8) is 0 Å². The van der Waals surface area contributed by atoms with Gasteiger partial charge in [0.15, 0.2) is 0 Å². The van der Waals surface area contributed by atoms with E-state index in [0.29, 0.717) is 22.2 Å². The molecule has 17 heavy (non-hydrogen) atoms. The fraction of sp³-hybridized carbons (Fsp3) is 0.417. The number of nitrogens with two attached hydrogens (primary N) is 1. The van der Waals surface area contributed by atoms with Gasteiger partial charge >= 0.3 is 0 Å². The van der Waals surface area contributed by atoms with E-state index >= 15 is 0 Å². The molecule has 0 aliphatic heterocycles. The van der Waals surface area contributed by atoms with E-state index in [1.807, 2.05) is 0 Å². The van der Waals surface area contributed by atoms with Crippen LogP contribution in [0.1, 0.15) is 25.7 Å². The van der Waals surface area contributed by atoms with Crippen LogP contribution in [0.5, 0.6) is 0 Å². The van der Waals surface area contributed by atoms with Crippen molar-refractivity contribution >= 4 is 34.8 Å². The average molecular weight is 273 g/mol. The molecule has 92 valence electrons. The Hall–Kier alpha value is -0.770. The van der Waals surface area contributed by atoms with Gasteiger partial charge in [0, 0.05) is 12.0 Å². The maximum Gasteiger partial charge on any atom is 0.226 e. The summed E-state index contributed by atoms with van der Waals surface area (Å²) in [5.74, 6) is -0.137. The zero-order valence-corrected chi connectivity index (χ0v) is 10.8. The summed E-state index contributed by atoms with van der Waals surface area (Å²) < 4.78 is 0. The van der Waals surface area contributed by atoms with Gasteiger partial charge in [-0.1, -0.05) is 29.3 Å². The predicted octanol–water partition coefficient (Wildman–Crippen LogP) is 3.20. The number of rotatable bonds is 3.